The number of amides is 1. The van der Waals surface area contributed by atoms with Crippen molar-refractivity contribution in [2.24, 2.45) is 0 Å². The monoisotopic (exact) mass is 386 g/mol. The van der Waals surface area contributed by atoms with Crippen molar-refractivity contribution in [1.82, 2.24) is 4.31 Å². The highest BCUT2D eigenvalue weighted by molar-refractivity contribution is 7.89. The molecule has 6 nitrogen and oxygen atoms in total. The normalized spacial score (nSPS) is 11.4. The van der Waals surface area contributed by atoms with Crippen molar-refractivity contribution in [2.45, 2.75) is 4.90 Å². The Kier molecular flexibility index (Phi) is 5.99. The highest BCUT2D eigenvalue weighted by Gasteiger charge is 2.23. The summed E-state index contributed by atoms with van der Waals surface area (Å²) < 4.78 is 43.9. The van der Waals surface area contributed by atoms with Crippen molar-refractivity contribution >= 4 is 33.2 Å². The average Bonchev–Trinajstić information content (AvgIpc) is 2.58. The van der Waals surface area contributed by atoms with E-state index >= 15 is 0 Å². The van der Waals surface area contributed by atoms with E-state index in [0.29, 0.717) is 5.75 Å². The van der Waals surface area contributed by atoms with E-state index in [4.69, 9.17) is 16.3 Å². The zero-order chi connectivity index (χ0) is 18.6. The van der Waals surface area contributed by atoms with E-state index < -0.39 is 28.3 Å². The first-order chi connectivity index (χ1) is 11.7. The van der Waals surface area contributed by atoms with Gasteiger partial charge in [-0.05, 0) is 42.5 Å². The zero-order valence-electron chi connectivity index (χ0n) is 13.5. The van der Waals surface area contributed by atoms with Crippen LogP contribution >= 0.6 is 11.6 Å². The van der Waals surface area contributed by atoms with Crippen LogP contribution in [0.1, 0.15) is 0 Å². The SMILES string of the molecule is COc1ccc(S(=O)(=O)N(C)CC(=O)Nc2ccc(F)c(Cl)c2)cc1. The molecule has 0 aliphatic carbocycles. The summed E-state index contributed by atoms with van der Waals surface area (Å²) in [5.74, 6) is -0.673. The van der Waals surface area contributed by atoms with Crippen LogP contribution in [0.3, 0.4) is 0 Å². The minimum atomic E-state index is -3.84. The van der Waals surface area contributed by atoms with E-state index in [2.05, 4.69) is 5.32 Å². The first kappa shape index (κ1) is 19.2. The molecule has 0 spiro atoms. The van der Waals surface area contributed by atoms with Gasteiger partial charge in [0, 0.05) is 12.7 Å². The van der Waals surface area contributed by atoms with Gasteiger partial charge >= 0.3 is 0 Å². The third-order valence-electron chi connectivity index (χ3n) is 3.34. The van der Waals surface area contributed by atoms with E-state index in [1.165, 1.54) is 50.6 Å². The van der Waals surface area contributed by atoms with E-state index in [1.54, 1.807) is 0 Å². The number of nitrogens with one attached hydrogen (secondary N) is 1. The maximum absolute atomic E-state index is 13.1. The quantitative estimate of drug-likeness (QED) is 0.828. The standard InChI is InChI=1S/C16H16ClFN2O4S/c1-20(25(22,23)13-6-4-12(24-2)5-7-13)10-16(21)19-11-3-8-15(18)14(17)9-11/h3-9H,10H2,1-2H3,(H,19,21). The Labute approximate surface area is 150 Å². The van der Waals surface area contributed by atoms with Crippen LogP contribution in [0, 0.1) is 5.82 Å². The summed E-state index contributed by atoms with van der Waals surface area (Å²) in [5, 5.41) is 2.32. The van der Waals surface area contributed by atoms with E-state index in [1.807, 2.05) is 0 Å². The molecule has 0 aliphatic heterocycles. The lowest BCUT2D eigenvalue weighted by Crippen LogP contribution is -2.34. The van der Waals surface area contributed by atoms with Crippen LogP contribution in [0.15, 0.2) is 47.4 Å². The average molecular weight is 387 g/mol. The topological polar surface area (TPSA) is 75.7 Å². The van der Waals surface area contributed by atoms with E-state index in [-0.39, 0.29) is 15.6 Å². The highest BCUT2D eigenvalue weighted by atomic mass is 35.5. The molecule has 0 saturated carbocycles. The van der Waals surface area contributed by atoms with Gasteiger partial charge in [-0.1, -0.05) is 11.6 Å². The van der Waals surface area contributed by atoms with Gasteiger partial charge in [-0.3, -0.25) is 4.79 Å². The van der Waals surface area contributed by atoms with Crippen LogP contribution in [-0.4, -0.2) is 39.3 Å². The van der Waals surface area contributed by atoms with Crippen molar-refractivity contribution in [3.05, 3.63) is 53.3 Å². The molecule has 1 amide bonds. The maximum Gasteiger partial charge on any atom is 0.243 e. The predicted molar refractivity (Wildman–Crippen MR) is 92.8 cm³/mol. The molecule has 9 heteroatoms. The summed E-state index contributed by atoms with van der Waals surface area (Å²) in [5.41, 5.74) is 0.270. The molecule has 0 unspecified atom stereocenters. The van der Waals surface area contributed by atoms with Gasteiger partial charge in [0.2, 0.25) is 15.9 Å². The summed E-state index contributed by atoms with van der Waals surface area (Å²) in [7, 11) is -1.07. The first-order valence-corrected chi connectivity index (χ1v) is 8.91. The molecule has 0 aliphatic rings. The smallest absolute Gasteiger partial charge is 0.243 e. The van der Waals surface area contributed by atoms with Gasteiger partial charge in [0.1, 0.15) is 11.6 Å². The number of nitrogens with zero attached hydrogens (tertiary/aromatic N) is 1. The molecule has 2 rings (SSSR count). The number of benzene rings is 2. The minimum Gasteiger partial charge on any atom is -0.497 e. The van der Waals surface area contributed by atoms with Crippen LogP contribution in [0.25, 0.3) is 0 Å². The molecular weight excluding hydrogens is 371 g/mol. The van der Waals surface area contributed by atoms with Crippen molar-refractivity contribution in [3.63, 3.8) is 0 Å². The fraction of sp³-hybridized carbons (Fsp3) is 0.188. The summed E-state index contributed by atoms with van der Waals surface area (Å²) in [6.45, 7) is -0.413. The number of hydrogen-bond donors (Lipinski definition) is 1. The molecule has 25 heavy (non-hydrogen) atoms. The van der Waals surface area contributed by atoms with Gasteiger partial charge in [0.15, 0.2) is 0 Å². The second-order valence-electron chi connectivity index (χ2n) is 5.11. The number of anilines is 1. The summed E-state index contributed by atoms with van der Waals surface area (Å²) in [4.78, 5) is 12.1. The van der Waals surface area contributed by atoms with Gasteiger partial charge in [-0.25, -0.2) is 12.8 Å². The van der Waals surface area contributed by atoms with Crippen molar-refractivity contribution < 1.29 is 22.3 Å². The Hall–Kier alpha value is -2.16. The Morgan fingerprint density at radius 2 is 1.88 bits per heavy atom. The molecule has 0 atom stereocenters. The van der Waals surface area contributed by atoms with Gasteiger partial charge in [-0.2, -0.15) is 4.31 Å². The molecule has 134 valence electrons. The second kappa shape index (κ2) is 7.81. The lowest BCUT2D eigenvalue weighted by Gasteiger charge is -2.17. The van der Waals surface area contributed by atoms with Crippen LogP contribution in [-0.2, 0) is 14.8 Å². The lowest BCUT2D eigenvalue weighted by molar-refractivity contribution is -0.116. The molecular formula is C16H16ClFN2O4S. The highest BCUT2D eigenvalue weighted by Crippen LogP contribution is 2.20. The fourth-order valence-corrected chi connectivity index (χ4v) is 3.30. The summed E-state index contributed by atoms with van der Waals surface area (Å²) in [6.07, 6.45) is 0. The molecule has 0 aromatic heterocycles. The number of methoxy groups -OCH3 is 1. The second-order valence-corrected chi connectivity index (χ2v) is 7.57. The molecule has 2 aromatic rings. The zero-order valence-corrected chi connectivity index (χ0v) is 15.1. The number of hydrogen-bond acceptors (Lipinski definition) is 4. The number of ether oxygens (including phenoxy) is 1. The van der Waals surface area contributed by atoms with Gasteiger partial charge in [0.05, 0.1) is 23.6 Å². The fourth-order valence-electron chi connectivity index (χ4n) is 1.99. The van der Waals surface area contributed by atoms with E-state index in [0.717, 1.165) is 10.4 Å². The third-order valence-corrected chi connectivity index (χ3v) is 5.44. The Morgan fingerprint density at radius 1 is 1.24 bits per heavy atom. The number of likely N-dealkylation sites (N-methyl/N-ethyl adjacent to an activating group) is 1. The third kappa shape index (κ3) is 4.68. The molecule has 0 bridgehead atoms. The number of rotatable bonds is 6. The number of sulfonamides is 1. The Balaban J connectivity index is 2.07. The van der Waals surface area contributed by atoms with Crippen LogP contribution in [0.2, 0.25) is 5.02 Å². The van der Waals surface area contributed by atoms with Crippen LogP contribution in [0.5, 0.6) is 5.75 Å². The number of carbonyl (C=O) groups excluding carboxylic acids is 1. The summed E-state index contributed by atoms with van der Waals surface area (Å²) >= 11 is 5.64. The van der Waals surface area contributed by atoms with Gasteiger partial charge < -0.3 is 10.1 Å². The molecule has 2 aromatic carbocycles. The van der Waals surface area contributed by atoms with Crippen LogP contribution in [0.4, 0.5) is 10.1 Å². The largest absolute Gasteiger partial charge is 0.497 e. The summed E-state index contributed by atoms with van der Waals surface area (Å²) in [6, 6.07) is 9.49. The predicted octanol–water partition coefficient (Wildman–Crippen LogP) is 2.75. The molecule has 0 heterocycles. The van der Waals surface area contributed by atoms with Gasteiger partial charge in [-0.15, -0.1) is 0 Å². The van der Waals surface area contributed by atoms with Crippen molar-refractivity contribution in [2.75, 3.05) is 26.0 Å². The van der Waals surface area contributed by atoms with Crippen LogP contribution < -0.4 is 10.1 Å². The Bertz CT molecular complexity index is 872. The minimum absolute atomic E-state index is 0.0356. The molecule has 0 radical (unpaired) electrons. The maximum atomic E-state index is 13.1. The molecule has 1 N–H and O–H groups in total. The number of carbonyl (C=O) groups is 1. The molecule has 0 saturated heterocycles. The lowest BCUT2D eigenvalue weighted by atomic mass is 10.3. The van der Waals surface area contributed by atoms with E-state index in [9.17, 15) is 17.6 Å². The van der Waals surface area contributed by atoms with Crippen molar-refractivity contribution in [1.29, 1.82) is 0 Å². The van der Waals surface area contributed by atoms with Gasteiger partial charge in [0.25, 0.3) is 0 Å². The molecule has 0 fully saturated rings. The Morgan fingerprint density at radius 3 is 2.44 bits per heavy atom. The first-order valence-electron chi connectivity index (χ1n) is 7.09. The van der Waals surface area contributed by atoms with Crippen molar-refractivity contribution in [3.8, 4) is 5.75 Å². The number of halogens is 2.